The van der Waals surface area contributed by atoms with E-state index < -0.39 is 69.9 Å². The predicted molar refractivity (Wildman–Crippen MR) is 189 cm³/mol. The molecule has 13 heteroatoms. The summed E-state index contributed by atoms with van der Waals surface area (Å²) in [7, 11) is 0. The molecule has 1 aliphatic carbocycles. The van der Waals surface area contributed by atoms with E-state index in [1.807, 2.05) is 76.2 Å². The zero-order chi connectivity index (χ0) is 38.1. The second-order valence-corrected chi connectivity index (χ2v) is 17.9. The summed E-state index contributed by atoms with van der Waals surface area (Å²) >= 11 is 0. The number of rotatable bonds is 13. The fraction of sp³-hybridized carbons (Fsp3) is 0.757. The number of piperidine rings is 2. The largest absolute Gasteiger partial charge is 0.346 e. The molecule has 0 bridgehead atoms. The maximum absolute atomic E-state index is 14.4. The molecule has 1 saturated carbocycles. The molecule has 2 saturated heterocycles. The SMILES string of the molecule is C=CCNC(=O)C(=O)C(CCC)NC(=O)[C@@H]1[C@@H]2[C@H](CN1C(=O)[C@@H](NC(=O)N[C@H](CN1C(=O)CC(C)(C)CC1=O)C(C)(C)C)C(C)(C)C)C2(C)C. The third-order valence-corrected chi connectivity index (χ3v) is 10.6. The smallest absolute Gasteiger partial charge is 0.315 e. The first-order valence-electron chi connectivity index (χ1n) is 17.8. The van der Waals surface area contributed by atoms with Crippen LogP contribution in [0.15, 0.2) is 12.7 Å². The highest BCUT2D eigenvalue weighted by Crippen LogP contribution is 2.65. The predicted octanol–water partition coefficient (Wildman–Crippen LogP) is 2.93. The van der Waals surface area contributed by atoms with E-state index in [0.717, 1.165) is 0 Å². The van der Waals surface area contributed by atoms with E-state index in [1.165, 1.54) is 15.9 Å². The summed E-state index contributed by atoms with van der Waals surface area (Å²) in [6, 6.07) is -4.27. The molecular formula is C37H60N6O7. The molecule has 1 unspecified atom stereocenters. The van der Waals surface area contributed by atoms with Crippen molar-refractivity contribution in [2.24, 2.45) is 33.5 Å². The Morgan fingerprint density at radius 2 is 1.50 bits per heavy atom. The van der Waals surface area contributed by atoms with Crippen LogP contribution < -0.4 is 21.3 Å². The maximum atomic E-state index is 14.4. The number of hydrogen-bond donors (Lipinski definition) is 4. The molecule has 0 aromatic carbocycles. The van der Waals surface area contributed by atoms with Crippen LogP contribution in [0.2, 0.25) is 0 Å². The van der Waals surface area contributed by atoms with Crippen molar-refractivity contribution in [2.75, 3.05) is 19.6 Å². The van der Waals surface area contributed by atoms with Crippen LogP contribution in [0, 0.1) is 33.5 Å². The van der Waals surface area contributed by atoms with Crippen LogP contribution in [0.25, 0.3) is 0 Å². The zero-order valence-corrected chi connectivity index (χ0v) is 32.0. The highest BCUT2D eigenvalue weighted by molar-refractivity contribution is 6.38. The van der Waals surface area contributed by atoms with E-state index in [2.05, 4.69) is 27.8 Å². The number of imide groups is 1. The van der Waals surface area contributed by atoms with E-state index in [4.69, 9.17) is 0 Å². The Bertz CT molecular complexity index is 1370. The molecule has 0 radical (unpaired) electrons. The topological polar surface area (TPSA) is 174 Å². The van der Waals surface area contributed by atoms with Crippen LogP contribution in [0.4, 0.5) is 4.79 Å². The molecule has 13 nitrogen and oxygen atoms in total. The zero-order valence-electron chi connectivity index (χ0n) is 32.0. The summed E-state index contributed by atoms with van der Waals surface area (Å²) in [4.78, 5) is 96.1. The van der Waals surface area contributed by atoms with Gasteiger partial charge in [-0.3, -0.25) is 33.7 Å². The van der Waals surface area contributed by atoms with Crippen LogP contribution in [-0.4, -0.2) is 95.0 Å². The van der Waals surface area contributed by atoms with Crippen molar-refractivity contribution < 1.29 is 33.6 Å². The Hall–Kier alpha value is -3.77. The molecule has 2 heterocycles. The van der Waals surface area contributed by atoms with Crippen molar-refractivity contribution in [3.8, 4) is 0 Å². The van der Waals surface area contributed by atoms with Gasteiger partial charge in [0.1, 0.15) is 12.1 Å². The average Bonchev–Trinajstić information content (AvgIpc) is 3.29. The van der Waals surface area contributed by atoms with Gasteiger partial charge in [0.25, 0.3) is 5.91 Å². The third-order valence-electron chi connectivity index (χ3n) is 10.6. The van der Waals surface area contributed by atoms with Crippen molar-refractivity contribution in [2.45, 2.75) is 126 Å². The number of hydrogen-bond acceptors (Lipinski definition) is 7. The molecule has 6 atom stereocenters. The number of carbonyl (C=O) groups excluding carboxylic acids is 7. The molecule has 3 aliphatic rings. The van der Waals surface area contributed by atoms with Gasteiger partial charge in [0, 0.05) is 32.5 Å². The van der Waals surface area contributed by atoms with E-state index in [-0.39, 0.29) is 61.4 Å². The number of ketones is 1. The number of likely N-dealkylation sites (tertiary alicyclic amines) is 2. The lowest BCUT2D eigenvalue weighted by molar-refractivity contribution is -0.153. The van der Waals surface area contributed by atoms with Gasteiger partial charge in [-0.25, -0.2) is 4.79 Å². The number of urea groups is 1. The van der Waals surface area contributed by atoms with Crippen molar-refractivity contribution in [1.29, 1.82) is 0 Å². The fourth-order valence-electron chi connectivity index (χ4n) is 7.32. The monoisotopic (exact) mass is 700 g/mol. The van der Waals surface area contributed by atoms with Gasteiger partial charge in [-0.05, 0) is 39.9 Å². The number of nitrogens with zero attached hydrogens (tertiary/aromatic N) is 2. The van der Waals surface area contributed by atoms with Gasteiger partial charge < -0.3 is 26.2 Å². The lowest BCUT2D eigenvalue weighted by atomic mass is 9.80. The molecular weight excluding hydrogens is 640 g/mol. The summed E-state index contributed by atoms with van der Waals surface area (Å²) in [5.41, 5.74) is -1.97. The van der Waals surface area contributed by atoms with Crippen LogP contribution >= 0.6 is 0 Å². The fourth-order valence-corrected chi connectivity index (χ4v) is 7.32. The summed E-state index contributed by atoms with van der Waals surface area (Å²) < 4.78 is 0. The minimum Gasteiger partial charge on any atom is -0.346 e. The first kappa shape index (κ1) is 40.7. The van der Waals surface area contributed by atoms with Crippen molar-refractivity contribution >= 4 is 41.4 Å². The summed E-state index contributed by atoms with van der Waals surface area (Å²) in [6.45, 7) is 24.8. The minimum absolute atomic E-state index is 0.00509. The first-order chi connectivity index (χ1) is 22.9. The van der Waals surface area contributed by atoms with E-state index in [1.54, 1.807) is 0 Å². The van der Waals surface area contributed by atoms with Crippen molar-refractivity contribution in [1.82, 2.24) is 31.1 Å². The summed E-state index contributed by atoms with van der Waals surface area (Å²) in [5.74, 6) is -3.22. The standard InChI is InChI=1S/C37H60N6O7/c1-13-15-22(28(46)31(48)38-16-14-2)39-30(47)27-26-21(37(26,11)12)19-43(27)32(49)29(35(6,7)8)41-33(50)40-23(34(3,4)5)20-42-24(44)17-36(9,10)18-25(42)45/h14,21-23,26-27,29H,2,13,15-20H2,1,3-12H3,(H,38,48)(H,39,47)(H2,40,41,50)/t21-,22?,23+,26-,27-,29+/m0/s1. The second-order valence-electron chi connectivity index (χ2n) is 17.9. The minimum atomic E-state index is -1.06. The Kier molecular flexibility index (Phi) is 12.1. The quantitative estimate of drug-likeness (QED) is 0.130. The van der Waals surface area contributed by atoms with E-state index >= 15 is 0 Å². The lowest BCUT2D eigenvalue weighted by Gasteiger charge is -2.40. The second kappa shape index (κ2) is 14.8. The van der Waals surface area contributed by atoms with E-state index in [0.29, 0.717) is 13.0 Å². The molecule has 0 aromatic rings. The Morgan fingerprint density at radius 3 is 2.00 bits per heavy atom. The number of Topliss-reactive ketones (excluding diaryl/α,β-unsaturated/α-hetero) is 1. The maximum Gasteiger partial charge on any atom is 0.315 e. The normalized spacial score (nSPS) is 24.3. The Labute approximate surface area is 297 Å². The van der Waals surface area contributed by atoms with Gasteiger partial charge in [0.2, 0.25) is 29.4 Å². The molecule has 2 aliphatic heterocycles. The number of nitrogens with one attached hydrogen (secondary N) is 4. The van der Waals surface area contributed by atoms with Gasteiger partial charge in [0.05, 0.1) is 12.1 Å². The molecule has 280 valence electrons. The lowest BCUT2D eigenvalue weighted by Crippen LogP contribution is -2.63. The van der Waals surface area contributed by atoms with Crippen molar-refractivity contribution in [3.63, 3.8) is 0 Å². The first-order valence-corrected chi connectivity index (χ1v) is 17.8. The highest BCUT2D eigenvalue weighted by Gasteiger charge is 2.70. The number of carbonyl (C=O) groups is 7. The Balaban J connectivity index is 1.82. The molecule has 0 aromatic heterocycles. The van der Waals surface area contributed by atoms with Crippen LogP contribution in [0.5, 0.6) is 0 Å². The molecule has 7 amide bonds. The van der Waals surface area contributed by atoms with E-state index in [9.17, 15) is 33.6 Å². The molecule has 3 rings (SSSR count). The molecule has 3 fully saturated rings. The highest BCUT2D eigenvalue weighted by atomic mass is 16.2. The van der Waals surface area contributed by atoms with Crippen LogP contribution in [-0.2, 0) is 28.8 Å². The third kappa shape index (κ3) is 9.11. The van der Waals surface area contributed by atoms with Crippen LogP contribution in [0.1, 0.15) is 102 Å². The van der Waals surface area contributed by atoms with Crippen LogP contribution in [0.3, 0.4) is 0 Å². The summed E-state index contributed by atoms with van der Waals surface area (Å²) in [6.07, 6.45) is 2.69. The van der Waals surface area contributed by atoms with Gasteiger partial charge in [-0.2, -0.15) is 0 Å². The molecule has 0 spiro atoms. The van der Waals surface area contributed by atoms with Gasteiger partial charge in [-0.1, -0.05) is 88.7 Å². The Morgan fingerprint density at radius 1 is 0.920 bits per heavy atom. The molecule has 4 N–H and O–H groups in total. The number of amides is 7. The van der Waals surface area contributed by atoms with Gasteiger partial charge in [0.15, 0.2) is 0 Å². The van der Waals surface area contributed by atoms with Gasteiger partial charge >= 0.3 is 6.03 Å². The van der Waals surface area contributed by atoms with Crippen molar-refractivity contribution in [3.05, 3.63) is 12.7 Å². The number of fused-ring (bicyclic) bond motifs is 1. The summed E-state index contributed by atoms with van der Waals surface area (Å²) in [5, 5.41) is 11.0. The molecule has 50 heavy (non-hydrogen) atoms. The average molecular weight is 701 g/mol. The van der Waals surface area contributed by atoms with Gasteiger partial charge in [-0.15, -0.1) is 6.58 Å².